The Morgan fingerprint density at radius 1 is 1.16 bits per heavy atom. The second-order valence-corrected chi connectivity index (χ2v) is 4.34. The second kappa shape index (κ2) is 6.34. The molecule has 6 heteroatoms. The van der Waals surface area contributed by atoms with E-state index in [-0.39, 0.29) is 6.61 Å². The summed E-state index contributed by atoms with van der Waals surface area (Å²) < 4.78 is 5.52. The summed E-state index contributed by atoms with van der Waals surface area (Å²) in [4.78, 5) is 17.6. The summed E-state index contributed by atoms with van der Waals surface area (Å²) in [6, 6.07) is 9.95. The smallest absolute Gasteiger partial charge is 0.240 e. The standard InChI is InChI=1S/C13H8Cl2N2O2/c14-11-5-6-13(15)17-12(11)7-19-10-3-1-9(2-4-10)16-8-18/h1-6H,7H2. The third kappa shape index (κ3) is 3.80. The summed E-state index contributed by atoms with van der Waals surface area (Å²) in [5.41, 5.74) is 1.07. The summed E-state index contributed by atoms with van der Waals surface area (Å²) >= 11 is 11.7. The Balaban J connectivity index is 2.05. The monoisotopic (exact) mass is 294 g/mol. The quantitative estimate of drug-likeness (QED) is 0.488. The normalized spacial score (nSPS) is 9.79. The number of pyridine rings is 1. The molecule has 0 aliphatic carbocycles. The highest BCUT2D eigenvalue weighted by atomic mass is 35.5. The molecule has 0 atom stereocenters. The fourth-order valence-electron chi connectivity index (χ4n) is 1.38. The fourth-order valence-corrected chi connectivity index (χ4v) is 1.71. The first-order chi connectivity index (χ1) is 9.19. The first kappa shape index (κ1) is 13.6. The number of isocyanates is 1. The van der Waals surface area contributed by atoms with Gasteiger partial charge < -0.3 is 4.74 Å². The largest absolute Gasteiger partial charge is 0.487 e. The number of benzene rings is 1. The van der Waals surface area contributed by atoms with Crippen molar-refractivity contribution in [2.75, 3.05) is 0 Å². The number of aromatic nitrogens is 1. The Morgan fingerprint density at radius 2 is 1.89 bits per heavy atom. The van der Waals surface area contributed by atoms with Gasteiger partial charge >= 0.3 is 0 Å². The number of rotatable bonds is 4. The van der Waals surface area contributed by atoms with Crippen LogP contribution in [0.2, 0.25) is 10.2 Å². The van der Waals surface area contributed by atoms with Crippen molar-refractivity contribution in [2.45, 2.75) is 6.61 Å². The summed E-state index contributed by atoms with van der Waals surface area (Å²) in [6.45, 7) is 0.204. The molecule has 0 amide bonds. The topological polar surface area (TPSA) is 51.5 Å². The summed E-state index contributed by atoms with van der Waals surface area (Å²) in [6.07, 6.45) is 1.47. The maximum absolute atomic E-state index is 10.1. The van der Waals surface area contributed by atoms with Crippen LogP contribution in [0.15, 0.2) is 41.4 Å². The summed E-state index contributed by atoms with van der Waals surface area (Å²) in [5.74, 6) is 0.614. The highest BCUT2D eigenvalue weighted by Crippen LogP contribution is 2.21. The lowest BCUT2D eigenvalue weighted by molar-refractivity contribution is 0.301. The van der Waals surface area contributed by atoms with E-state index in [4.69, 9.17) is 27.9 Å². The van der Waals surface area contributed by atoms with Gasteiger partial charge in [0.05, 0.1) is 16.4 Å². The van der Waals surface area contributed by atoms with Gasteiger partial charge in [-0.2, -0.15) is 4.99 Å². The minimum absolute atomic E-state index is 0.204. The van der Waals surface area contributed by atoms with Crippen LogP contribution < -0.4 is 4.74 Å². The lowest BCUT2D eigenvalue weighted by Crippen LogP contribution is -1.99. The molecule has 1 aromatic heterocycles. The number of halogens is 2. The van der Waals surface area contributed by atoms with E-state index in [2.05, 4.69) is 9.98 Å². The van der Waals surface area contributed by atoms with Gasteiger partial charge in [0.15, 0.2) is 0 Å². The molecule has 0 saturated heterocycles. The van der Waals surface area contributed by atoms with Crippen LogP contribution in [0.5, 0.6) is 5.75 Å². The van der Waals surface area contributed by atoms with Gasteiger partial charge in [-0.05, 0) is 36.4 Å². The molecule has 0 radical (unpaired) electrons. The van der Waals surface area contributed by atoms with Crippen LogP contribution in [0.1, 0.15) is 5.69 Å². The third-order valence-corrected chi connectivity index (χ3v) is 2.83. The van der Waals surface area contributed by atoms with E-state index in [0.29, 0.717) is 27.3 Å². The SMILES string of the molecule is O=C=Nc1ccc(OCc2nc(Cl)ccc2Cl)cc1. The molecular formula is C13H8Cl2N2O2. The van der Waals surface area contributed by atoms with Crippen LogP contribution in [0.4, 0.5) is 5.69 Å². The lowest BCUT2D eigenvalue weighted by Gasteiger charge is -2.07. The molecule has 4 nitrogen and oxygen atoms in total. The minimum atomic E-state index is 0.204. The molecule has 0 aliphatic rings. The number of aliphatic imine (C=N–C) groups is 1. The zero-order valence-corrected chi connectivity index (χ0v) is 11.1. The zero-order valence-electron chi connectivity index (χ0n) is 9.64. The van der Waals surface area contributed by atoms with Crippen LogP contribution in [0, 0.1) is 0 Å². The van der Waals surface area contributed by atoms with Crippen molar-refractivity contribution in [3.63, 3.8) is 0 Å². The second-order valence-electron chi connectivity index (χ2n) is 3.55. The number of carbonyl (C=O) groups excluding carboxylic acids is 1. The predicted molar refractivity (Wildman–Crippen MR) is 72.8 cm³/mol. The van der Waals surface area contributed by atoms with Gasteiger partial charge in [-0.1, -0.05) is 23.2 Å². The van der Waals surface area contributed by atoms with E-state index < -0.39 is 0 Å². The van der Waals surface area contributed by atoms with E-state index in [1.807, 2.05) is 0 Å². The summed E-state index contributed by atoms with van der Waals surface area (Å²) in [7, 11) is 0. The van der Waals surface area contributed by atoms with E-state index >= 15 is 0 Å². The van der Waals surface area contributed by atoms with E-state index in [1.165, 1.54) is 6.08 Å². The summed E-state index contributed by atoms with van der Waals surface area (Å²) in [5, 5.41) is 0.852. The first-order valence-corrected chi connectivity index (χ1v) is 6.06. The molecule has 0 fully saturated rings. The predicted octanol–water partition coefficient (Wildman–Crippen LogP) is 3.93. The average molecular weight is 295 g/mol. The Labute approximate surface area is 119 Å². The zero-order chi connectivity index (χ0) is 13.7. The molecule has 0 unspecified atom stereocenters. The van der Waals surface area contributed by atoms with E-state index in [9.17, 15) is 4.79 Å². The van der Waals surface area contributed by atoms with Crippen molar-refractivity contribution in [2.24, 2.45) is 4.99 Å². The molecule has 0 spiro atoms. The molecule has 0 N–H and O–H groups in total. The number of ether oxygens (including phenoxy) is 1. The van der Waals surface area contributed by atoms with Crippen molar-refractivity contribution in [1.29, 1.82) is 0 Å². The van der Waals surface area contributed by atoms with Crippen LogP contribution >= 0.6 is 23.2 Å². The van der Waals surface area contributed by atoms with Crippen LogP contribution in [0.3, 0.4) is 0 Å². The van der Waals surface area contributed by atoms with E-state index in [0.717, 1.165) is 0 Å². The van der Waals surface area contributed by atoms with Crippen LogP contribution in [-0.2, 0) is 11.4 Å². The van der Waals surface area contributed by atoms with Gasteiger partial charge in [-0.3, -0.25) is 0 Å². The molecule has 2 rings (SSSR count). The highest BCUT2D eigenvalue weighted by molar-refractivity contribution is 6.32. The molecular weight excluding hydrogens is 287 g/mol. The highest BCUT2D eigenvalue weighted by Gasteiger charge is 2.04. The third-order valence-electron chi connectivity index (χ3n) is 2.27. The van der Waals surface area contributed by atoms with Crippen LogP contribution in [-0.4, -0.2) is 11.1 Å². The van der Waals surface area contributed by atoms with E-state index in [1.54, 1.807) is 36.4 Å². The maximum Gasteiger partial charge on any atom is 0.240 e. The van der Waals surface area contributed by atoms with Crippen molar-refractivity contribution < 1.29 is 9.53 Å². The Bertz CT molecular complexity index is 623. The first-order valence-electron chi connectivity index (χ1n) is 5.30. The Hall–Kier alpha value is -1.87. The minimum Gasteiger partial charge on any atom is -0.487 e. The van der Waals surface area contributed by atoms with Gasteiger partial charge in [0.25, 0.3) is 0 Å². The number of hydrogen-bond donors (Lipinski definition) is 0. The van der Waals surface area contributed by atoms with Gasteiger partial charge in [0.1, 0.15) is 17.5 Å². The molecule has 19 heavy (non-hydrogen) atoms. The lowest BCUT2D eigenvalue weighted by atomic mass is 10.3. The van der Waals surface area contributed by atoms with Gasteiger partial charge in [0, 0.05) is 0 Å². The molecule has 0 bridgehead atoms. The number of hydrogen-bond acceptors (Lipinski definition) is 4. The van der Waals surface area contributed by atoms with Crippen molar-refractivity contribution >= 4 is 35.0 Å². The van der Waals surface area contributed by atoms with Crippen molar-refractivity contribution in [3.8, 4) is 5.75 Å². The molecule has 1 aromatic carbocycles. The molecule has 2 aromatic rings. The fraction of sp³-hybridized carbons (Fsp3) is 0.0769. The van der Waals surface area contributed by atoms with Crippen molar-refractivity contribution in [1.82, 2.24) is 4.98 Å². The Kier molecular flexibility index (Phi) is 4.53. The molecule has 1 heterocycles. The van der Waals surface area contributed by atoms with Crippen molar-refractivity contribution in [3.05, 3.63) is 52.3 Å². The average Bonchev–Trinajstić information content (AvgIpc) is 2.42. The molecule has 96 valence electrons. The Morgan fingerprint density at radius 3 is 2.58 bits per heavy atom. The van der Waals surface area contributed by atoms with Gasteiger partial charge in [-0.25, -0.2) is 9.78 Å². The molecule has 0 aliphatic heterocycles. The maximum atomic E-state index is 10.1. The number of nitrogens with zero attached hydrogens (tertiary/aromatic N) is 2. The van der Waals surface area contributed by atoms with Gasteiger partial charge in [0.2, 0.25) is 6.08 Å². The van der Waals surface area contributed by atoms with Crippen LogP contribution in [0.25, 0.3) is 0 Å². The van der Waals surface area contributed by atoms with Gasteiger partial charge in [-0.15, -0.1) is 0 Å². The molecule has 0 saturated carbocycles.